The number of rotatable bonds is 5. The molecule has 0 radical (unpaired) electrons. The average Bonchev–Trinajstić information content (AvgIpc) is 2.89. The van der Waals surface area contributed by atoms with Crippen molar-refractivity contribution in [2.75, 3.05) is 26.7 Å². The lowest BCUT2D eigenvalue weighted by molar-refractivity contribution is -0.135. The Hall–Kier alpha value is -2.82. The van der Waals surface area contributed by atoms with Gasteiger partial charge in [-0.1, -0.05) is 50.2 Å². The molecule has 2 amide bonds. The van der Waals surface area contributed by atoms with Crippen molar-refractivity contribution in [2.45, 2.75) is 20.3 Å². The van der Waals surface area contributed by atoms with E-state index in [9.17, 15) is 9.59 Å². The molecule has 0 spiro atoms. The van der Waals surface area contributed by atoms with E-state index in [-0.39, 0.29) is 23.7 Å². The molecule has 3 rings (SSSR count). The Bertz CT molecular complexity index is 830. The molecule has 5 heteroatoms. The number of nitrogens with one attached hydrogen (secondary N) is 1. The lowest BCUT2D eigenvalue weighted by Gasteiger charge is -2.25. The summed E-state index contributed by atoms with van der Waals surface area (Å²) in [5, 5.41) is 2.96. The molecule has 0 bridgehead atoms. The SMILES string of the molecule is COc1ccc(-c2ccccc2C[C@@H]2CN(C(=O)C(C)C)CCNC2=O)cc1. The Morgan fingerprint density at radius 3 is 2.57 bits per heavy atom. The number of benzene rings is 2. The van der Waals surface area contributed by atoms with Gasteiger partial charge in [-0.15, -0.1) is 0 Å². The number of carbonyl (C=O) groups is 2. The van der Waals surface area contributed by atoms with Crippen molar-refractivity contribution < 1.29 is 14.3 Å². The molecule has 1 heterocycles. The number of methoxy groups -OCH3 is 1. The fourth-order valence-electron chi connectivity index (χ4n) is 3.64. The van der Waals surface area contributed by atoms with Gasteiger partial charge in [0.25, 0.3) is 0 Å². The van der Waals surface area contributed by atoms with Crippen molar-refractivity contribution in [3.05, 3.63) is 54.1 Å². The third-order valence-electron chi connectivity index (χ3n) is 5.18. The fraction of sp³-hybridized carbons (Fsp3) is 0.391. The average molecular weight is 380 g/mol. The summed E-state index contributed by atoms with van der Waals surface area (Å²) in [6.45, 7) is 5.33. The van der Waals surface area contributed by atoms with Crippen LogP contribution in [-0.4, -0.2) is 43.5 Å². The van der Waals surface area contributed by atoms with E-state index in [1.165, 1.54) is 0 Å². The first-order chi connectivity index (χ1) is 13.5. The van der Waals surface area contributed by atoms with Crippen LogP contribution in [0.15, 0.2) is 48.5 Å². The monoisotopic (exact) mass is 380 g/mol. The zero-order valence-corrected chi connectivity index (χ0v) is 16.8. The largest absolute Gasteiger partial charge is 0.497 e. The predicted octanol–water partition coefficient (Wildman–Crippen LogP) is 3.14. The topological polar surface area (TPSA) is 58.6 Å². The van der Waals surface area contributed by atoms with Gasteiger partial charge >= 0.3 is 0 Å². The summed E-state index contributed by atoms with van der Waals surface area (Å²) in [4.78, 5) is 26.9. The van der Waals surface area contributed by atoms with Crippen LogP contribution >= 0.6 is 0 Å². The van der Waals surface area contributed by atoms with Gasteiger partial charge in [0, 0.05) is 25.6 Å². The molecule has 1 N–H and O–H groups in total. The molecule has 1 fully saturated rings. The smallest absolute Gasteiger partial charge is 0.225 e. The minimum absolute atomic E-state index is 0.0172. The zero-order chi connectivity index (χ0) is 20.1. The Balaban J connectivity index is 1.85. The summed E-state index contributed by atoms with van der Waals surface area (Å²) in [6.07, 6.45) is 0.593. The second-order valence-corrected chi connectivity index (χ2v) is 7.52. The van der Waals surface area contributed by atoms with Crippen molar-refractivity contribution in [3.63, 3.8) is 0 Å². The first kappa shape index (κ1) is 19.9. The van der Waals surface area contributed by atoms with Gasteiger partial charge in [0.05, 0.1) is 13.0 Å². The van der Waals surface area contributed by atoms with E-state index in [0.29, 0.717) is 26.1 Å². The third-order valence-corrected chi connectivity index (χ3v) is 5.18. The number of carbonyl (C=O) groups excluding carboxylic acids is 2. The molecule has 0 saturated carbocycles. The molecule has 1 atom stereocenters. The van der Waals surface area contributed by atoms with Gasteiger partial charge in [0.2, 0.25) is 11.8 Å². The Labute approximate surface area is 166 Å². The van der Waals surface area contributed by atoms with E-state index in [2.05, 4.69) is 17.4 Å². The second-order valence-electron chi connectivity index (χ2n) is 7.52. The molecule has 0 aliphatic carbocycles. The molecular weight excluding hydrogens is 352 g/mol. The van der Waals surface area contributed by atoms with Gasteiger partial charge in [0.15, 0.2) is 0 Å². The highest BCUT2D eigenvalue weighted by molar-refractivity contribution is 5.83. The molecule has 1 aliphatic heterocycles. The molecule has 28 heavy (non-hydrogen) atoms. The number of nitrogens with zero attached hydrogens (tertiary/aromatic N) is 1. The third kappa shape index (κ3) is 4.53. The van der Waals surface area contributed by atoms with Crippen LogP contribution in [0.3, 0.4) is 0 Å². The highest BCUT2D eigenvalue weighted by atomic mass is 16.5. The number of ether oxygens (including phenoxy) is 1. The molecule has 2 aromatic rings. The van der Waals surface area contributed by atoms with Gasteiger partial charge in [-0.2, -0.15) is 0 Å². The summed E-state index contributed by atoms with van der Waals surface area (Å²) in [5.41, 5.74) is 3.29. The van der Waals surface area contributed by atoms with E-state index in [1.807, 2.05) is 55.1 Å². The lowest BCUT2D eigenvalue weighted by Crippen LogP contribution is -2.39. The fourth-order valence-corrected chi connectivity index (χ4v) is 3.64. The van der Waals surface area contributed by atoms with Crippen LogP contribution in [0.1, 0.15) is 19.4 Å². The van der Waals surface area contributed by atoms with Gasteiger partial charge in [-0.25, -0.2) is 0 Å². The summed E-state index contributed by atoms with van der Waals surface area (Å²) >= 11 is 0. The highest BCUT2D eigenvalue weighted by Gasteiger charge is 2.29. The zero-order valence-electron chi connectivity index (χ0n) is 16.8. The van der Waals surface area contributed by atoms with Gasteiger partial charge in [0.1, 0.15) is 5.75 Å². The van der Waals surface area contributed by atoms with E-state index in [0.717, 1.165) is 22.4 Å². The second kappa shape index (κ2) is 8.91. The molecule has 0 aromatic heterocycles. The first-order valence-corrected chi connectivity index (χ1v) is 9.78. The van der Waals surface area contributed by atoms with Crippen molar-refractivity contribution in [2.24, 2.45) is 11.8 Å². The predicted molar refractivity (Wildman–Crippen MR) is 110 cm³/mol. The van der Waals surface area contributed by atoms with Crippen molar-refractivity contribution in [3.8, 4) is 16.9 Å². The number of amides is 2. The summed E-state index contributed by atoms with van der Waals surface area (Å²) < 4.78 is 5.25. The maximum absolute atomic E-state index is 12.6. The van der Waals surface area contributed by atoms with Crippen LogP contribution in [0.25, 0.3) is 11.1 Å². The van der Waals surface area contributed by atoms with Crippen LogP contribution in [0.2, 0.25) is 0 Å². The number of hydrogen-bond donors (Lipinski definition) is 1. The maximum Gasteiger partial charge on any atom is 0.225 e. The molecule has 0 unspecified atom stereocenters. The van der Waals surface area contributed by atoms with Crippen molar-refractivity contribution in [1.82, 2.24) is 10.2 Å². The quantitative estimate of drug-likeness (QED) is 0.867. The van der Waals surface area contributed by atoms with Crippen LogP contribution < -0.4 is 10.1 Å². The van der Waals surface area contributed by atoms with Crippen LogP contribution in [0.4, 0.5) is 0 Å². The van der Waals surface area contributed by atoms with E-state index >= 15 is 0 Å². The molecule has 1 aliphatic rings. The van der Waals surface area contributed by atoms with Crippen molar-refractivity contribution in [1.29, 1.82) is 0 Å². The normalized spacial score (nSPS) is 17.2. The molecular formula is C23H28N2O3. The van der Waals surface area contributed by atoms with E-state index in [1.54, 1.807) is 7.11 Å². The highest BCUT2D eigenvalue weighted by Crippen LogP contribution is 2.28. The Morgan fingerprint density at radius 1 is 1.18 bits per heavy atom. The van der Waals surface area contributed by atoms with Crippen LogP contribution in [-0.2, 0) is 16.0 Å². The van der Waals surface area contributed by atoms with Crippen molar-refractivity contribution >= 4 is 11.8 Å². The van der Waals surface area contributed by atoms with E-state index in [4.69, 9.17) is 4.74 Å². The molecule has 2 aromatic carbocycles. The van der Waals surface area contributed by atoms with Crippen LogP contribution in [0, 0.1) is 11.8 Å². The van der Waals surface area contributed by atoms with Crippen LogP contribution in [0.5, 0.6) is 5.75 Å². The van der Waals surface area contributed by atoms with Gasteiger partial charge in [-0.3, -0.25) is 9.59 Å². The minimum Gasteiger partial charge on any atom is -0.497 e. The summed E-state index contributed by atoms with van der Waals surface area (Å²) in [6, 6.07) is 16.1. The van der Waals surface area contributed by atoms with E-state index < -0.39 is 0 Å². The molecule has 148 valence electrons. The number of hydrogen-bond acceptors (Lipinski definition) is 3. The minimum atomic E-state index is -0.260. The van der Waals surface area contributed by atoms with Gasteiger partial charge in [-0.05, 0) is 35.2 Å². The maximum atomic E-state index is 12.6. The Kier molecular flexibility index (Phi) is 6.34. The Morgan fingerprint density at radius 2 is 1.89 bits per heavy atom. The lowest BCUT2D eigenvalue weighted by atomic mass is 9.91. The summed E-state index contributed by atoms with van der Waals surface area (Å²) in [5.74, 6) is 0.603. The standard InChI is InChI=1S/C23H28N2O3/c1-16(2)23(27)25-13-12-24-22(26)19(15-25)14-18-6-4-5-7-21(18)17-8-10-20(28-3)11-9-17/h4-11,16,19H,12-15H2,1-3H3,(H,24,26)/t19-/m1/s1. The van der Waals surface area contributed by atoms with Gasteiger partial charge < -0.3 is 15.0 Å². The first-order valence-electron chi connectivity index (χ1n) is 9.78. The molecule has 5 nitrogen and oxygen atoms in total. The summed E-state index contributed by atoms with van der Waals surface area (Å²) in [7, 11) is 1.65. The molecule has 1 saturated heterocycles.